The third kappa shape index (κ3) is 4.50. The molecule has 3 heteroatoms. The van der Waals surface area contributed by atoms with Crippen LogP contribution in [0.15, 0.2) is 48.5 Å². The van der Waals surface area contributed by atoms with E-state index in [1.54, 1.807) is 7.11 Å². The Balaban J connectivity index is 1.96. The first-order valence-electron chi connectivity index (χ1n) is 7.31. The molecule has 21 heavy (non-hydrogen) atoms. The molecular weight excluding hydrogens is 262 g/mol. The van der Waals surface area contributed by atoms with E-state index in [2.05, 4.69) is 30.4 Å². The summed E-state index contributed by atoms with van der Waals surface area (Å²) in [5, 5.41) is 12.4. The number of methoxy groups -OCH3 is 1. The number of benzene rings is 2. The molecule has 112 valence electrons. The van der Waals surface area contributed by atoms with Gasteiger partial charge in [-0.1, -0.05) is 30.3 Å². The van der Waals surface area contributed by atoms with Gasteiger partial charge in [0.05, 0.1) is 7.11 Å². The van der Waals surface area contributed by atoms with Crippen molar-refractivity contribution in [3.8, 4) is 5.75 Å². The van der Waals surface area contributed by atoms with Crippen molar-refractivity contribution in [3.05, 3.63) is 59.7 Å². The van der Waals surface area contributed by atoms with Crippen LogP contribution in [0, 0.1) is 0 Å². The Morgan fingerprint density at radius 1 is 1.10 bits per heavy atom. The van der Waals surface area contributed by atoms with Crippen molar-refractivity contribution < 1.29 is 9.84 Å². The Morgan fingerprint density at radius 2 is 1.81 bits per heavy atom. The lowest BCUT2D eigenvalue weighted by molar-refractivity contribution is 0.299. The largest absolute Gasteiger partial charge is 0.496 e. The van der Waals surface area contributed by atoms with E-state index in [0.29, 0.717) is 12.5 Å². The van der Waals surface area contributed by atoms with Gasteiger partial charge < -0.3 is 15.2 Å². The molecule has 0 saturated heterocycles. The molecule has 0 aromatic heterocycles. The average molecular weight is 285 g/mol. The van der Waals surface area contributed by atoms with Crippen LogP contribution in [-0.2, 0) is 12.8 Å². The van der Waals surface area contributed by atoms with Crippen molar-refractivity contribution in [2.75, 3.05) is 19.0 Å². The summed E-state index contributed by atoms with van der Waals surface area (Å²) in [4.78, 5) is 0. The highest BCUT2D eigenvalue weighted by Crippen LogP contribution is 2.20. The highest BCUT2D eigenvalue weighted by molar-refractivity contribution is 5.46. The van der Waals surface area contributed by atoms with E-state index < -0.39 is 0 Å². The summed E-state index contributed by atoms with van der Waals surface area (Å²) >= 11 is 0. The van der Waals surface area contributed by atoms with Crippen LogP contribution in [0.3, 0.4) is 0 Å². The van der Waals surface area contributed by atoms with Gasteiger partial charge in [0.2, 0.25) is 0 Å². The first kappa shape index (κ1) is 15.4. The van der Waals surface area contributed by atoms with Gasteiger partial charge in [-0.2, -0.15) is 0 Å². The average Bonchev–Trinajstić information content (AvgIpc) is 2.50. The molecule has 0 aliphatic heterocycles. The van der Waals surface area contributed by atoms with Crippen molar-refractivity contribution in [2.45, 2.75) is 25.8 Å². The second kappa shape index (κ2) is 7.70. The predicted octanol–water partition coefficient (Wildman–Crippen LogP) is 3.27. The molecular formula is C18H23NO2. The van der Waals surface area contributed by atoms with E-state index >= 15 is 0 Å². The highest BCUT2D eigenvalue weighted by Gasteiger charge is 2.07. The van der Waals surface area contributed by atoms with Gasteiger partial charge in [0, 0.05) is 18.3 Å². The SMILES string of the molecule is COc1ccccc1CC(C)Nc1ccc(CCO)cc1. The van der Waals surface area contributed by atoms with Crippen LogP contribution in [0.1, 0.15) is 18.1 Å². The number of rotatable bonds is 7. The molecule has 2 rings (SSSR count). The Morgan fingerprint density at radius 3 is 2.48 bits per heavy atom. The minimum Gasteiger partial charge on any atom is -0.496 e. The number of anilines is 1. The first-order valence-corrected chi connectivity index (χ1v) is 7.31. The van der Waals surface area contributed by atoms with Gasteiger partial charge in [-0.15, -0.1) is 0 Å². The molecule has 0 radical (unpaired) electrons. The zero-order valence-electron chi connectivity index (χ0n) is 12.7. The van der Waals surface area contributed by atoms with Gasteiger partial charge in [0.15, 0.2) is 0 Å². The monoisotopic (exact) mass is 285 g/mol. The number of aliphatic hydroxyl groups excluding tert-OH is 1. The second-order valence-corrected chi connectivity index (χ2v) is 5.23. The summed E-state index contributed by atoms with van der Waals surface area (Å²) in [6.45, 7) is 2.35. The second-order valence-electron chi connectivity index (χ2n) is 5.23. The van der Waals surface area contributed by atoms with Gasteiger partial charge >= 0.3 is 0 Å². The summed E-state index contributed by atoms with van der Waals surface area (Å²) in [6, 6.07) is 16.6. The van der Waals surface area contributed by atoms with Crippen molar-refractivity contribution in [1.29, 1.82) is 0 Å². The highest BCUT2D eigenvalue weighted by atomic mass is 16.5. The third-order valence-electron chi connectivity index (χ3n) is 3.49. The number of aliphatic hydroxyl groups is 1. The van der Waals surface area contributed by atoms with Crippen molar-refractivity contribution in [1.82, 2.24) is 0 Å². The lowest BCUT2D eigenvalue weighted by Crippen LogP contribution is -2.18. The molecule has 0 amide bonds. The van der Waals surface area contributed by atoms with Crippen LogP contribution in [0.4, 0.5) is 5.69 Å². The quantitative estimate of drug-likeness (QED) is 0.820. The van der Waals surface area contributed by atoms with Crippen LogP contribution < -0.4 is 10.1 Å². The number of ether oxygens (including phenoxy) is 1. The topological polar surface area (TPSA) is 41.5 Å². The van der Waals surface area contributed by atoms with E-state index in [0.717, 1.165) is 23.4 Å². The lowest BCUT2D eigenvalue weighted by atomic mass is 10.1. The summed E-state index contributed by atoms with van der Waals surface area (Å²) in [5.74, 6) is 0.935. The molecule has 0 aliphatic carbocycles. The van der Waals surface area contributed by atoms with E-state index in [-0.39, 0.29) is 6.61 Å². The fraction of sp³-hybridized carbons (Fsp3) is 0.333. The van der Waals surface area contributed by atoms with Crippen LogP contribution in [0.2, 0.25) is 0 Å². The van der Waals surface area contributed by atoms with E-state index in [1.165, 1.54) is 5.56 Å². The van der Waals surface area contributed by atoms with E-state index in [4.69, 9.17) is 9.84 Å². The molecule has 0 heterocycles. The van der Waals surface area contributed by atoms with Crippen LogP contribution >= 0.6 is 0 Å². The molecule has 0 bridgehead atoms. The van der Waals surface area contributed by atoms with Crippen molar-refractivity contribution in [3.63, 3.8) is 0 Å². The van der Waals surface area contributed by atoms with Crippen molar-refractivity contribution >= 4 is 5.69 Å². The molecule has 1 unspecified atom stereocenters. The summed E-state index contributed by atoms with van der Waals surface area (Å²) in [7, 11) is 1.71. The predicted molar refractivity (Wildman–Crippen MR) is 87.0 cm³/mol. The maximum atomic E-state index is 8.92. The molecule has 0 spiro atoms. The fourth-order valence-electron chi connectivity index (χ4n) is 2.43. The number of nitrogens with one attached hydrogen (secondary N) is 1. The molecule has 2 N–H and O–H groups in total. The fourth-order valence-corrected chi connectivity index (χ4v) is 2.43. The van der Waals surface area contributed by atoms with Crippen molar-refractivity contribution in [2.24, 2.45) is 0 Å². The zero-order valence-corrected chi connectivity index (χ0v) is 12.7. The Kier molecular flexibility index (Phi) is 5.64. The molecule has 0 aliphatic rings. The van der Waals surface area contributed by atoms with Crippen LogP contribution in [0.5, 0.6) is 5.75 Å². The van der Waals surface area contributed by atoms with Gasteiger partial charge in [-0.05, 0) is 49.1 Å². The van der Waals surface area contributed by atoms with Gasteiger partial charge in [0.25, 0.3) is 0 Å². The minimum atomic E-state index is 0.191. The number of para-hydroxylation sites is 1. The minimum absolute atomic E-state index is 0.191. The normalized spacial score (nSPS) is 12.0. The number of hydrogen-bond acceptors (Lipinski definition) is 3. The van der Waals surface area contributed by atoms with Gasteiger partial charge in [0.1, 0.15) is 5.75 Å². The molecule has 2 aromatic rings. The first-order chi connectivity index (χ1) is 10.2. The van der Waals surface area contributed by atoms with Gasteiger partial charge in [-0.25, -0.2) is 0 Å². The zero-order chi connectivity index (χ0) is 15.1. The van der Waals surface area contributed by atoms with Crippen LogP contribution in [-0.4, -0.2) is 24.9 Å². The third-order valence-corrected chi connectivity index (χ3v) is 3.49. The van der Waals surface area contributed by atoms with E-state index in [1.807, 2.05) is 30.3 Å². The van der Waals surface area contributed by atoms with Crippen LogP contribution in [0.25, 0.3) is 0 Å². The standard InChI is InChI=1S/C18H23NO2/c1-14(13-16-5-3-4-6-18(16)21-2)19-17-9-7-15(8-10-17)11-12-20/h3-10,14,19-20H,11-13H2,1-2H3. The van der Waals surface area contributed by atoms with Gasteiger partial charge in [-0.3, -0.25) is 0 Å². The smallest absolute Gasteiger partial charge is 0.122 e. The van der Waals surface area contributed by atoms with E-state index in [9.17, 15) is 0 Å². The molecule has 1 atom stereocenters. The maximum absolute atomic E-state index is 8.92. The Labute approximate surface area is 126 Å². The molecule has 2 aromatic carbocycles. The molecule has 0 saturated carbocycles. The Hall–Kier alpha value is -2.00. The summed E-state index contributed by atoms with van der Waals surface area (Å²) in [6.07, 6.45) is 1.61. The lowest BCUT2D eigenvalue weighted by Gasteiger charge is -2.17. The molecule has 0 fully saturated rings. The Bertz CT molecular complexity index is 551. The molecule has 3 nitrogen and oxygen atoms in total. The number of hydrogen-bond donors (Lipinski definition) is 2. The summed E-state index contributed by atoms with van der Waals surface area (Å²) < 4.78 is 5.39. The summed E-state index contributed by atoms with van der Waals surface area (Å²) in [5.41, 5.74) is 3.46. The maximum Gasteiger partial charge on any atom is 0.122 e.